The minimum absolute atomic E-state index is 0.0617. The van der Waals surface area contributed by atoms with Crippen molar-refractivity contribution >= 4 is 27.3 Å². The van der Waals surface area contributed by atoms with Crippen molar-refractivity contribution in [1.82, 2.24) is 9.21 Å². The van der Waals surface area contributed by atoms with E-state index in [1.54, 1.807) is 23.6 Å². The van der Waals surface area contributed by atoms with Gasteiger partial charge in [-0.3, -0.25) is 4.79 Å². The second-order valence-electron chi connectivity index (χ2n) is 7.21. The zero-order chi connectivity index (χ0) is 19.3. The molecule has 0 radical (unpaired) electrons. The molecule has 0 saturated carbocycles. The molecule has 0 unspecified atom stereocenters. The van der Waals surface area contributed by atoms with Crippen LogP contribution < -0.4 is 0 Å². The Morgan fingerprint density at radius 1 is 1.22 bits per heavy atom. The Labute approximate surface area is 165 Å². The van der Waals surface area contributed by atoms with Gasteiger partial charge in [0.1, 0.15) is 4.21 Å². The minimum Gasteiger partial charge on any atom is -0.377 e. The molecule has 0 spiro atoms. The van der Waals surface area contributed by atoms with Crippen LogP contribution in [0.25, 0.3) is 0 Å². The van der Waals surface area contributed by atoms with Gasteiger partial charge in [0.25, 0.3) is 10.0 Å². The van der Waals surface area contributed by atoms with Crippen molar-refractivity contribution in [2.75, 3.05) is 39.4 Å². The summed E-state index contributed by atoms with van der Waals surface area (Å²) in [6.45, 7) is 7.33. The number of likely N-dealkylation sites (tertiary alicyclic amines) is 1. The van der Waals surface area contributed by atoms with Crippen molar-refractivity contribution in [3.05, 3.63) is 30.2 Å². The lowest BCUT2D eigenvalue weighted by Crippen LogP contribution is -2.46. The quantitative estimate of drug-likeness (QED) is 0.510. The number of thiophene rings is 1. The largest absolute Gasteiger partial charge is 0.377 e. The minimum atomic E-state index is -3.41. The Balaban J connectivity index is 1.46. The maximum atomic E-state index is 12.8. The molecule has 6 nitrogen and oxygen atoms in total. The first-order valence-electron chi connectivity index (χ1n) is 9.53. The summed E-state index contributed by atoms with van der Waals surface area (Å²) < 4.78 is 32.6. The van der Waals surface area contributed by atoms with Gasteiger partial charge in [0.15, 0.2) is 0 Å². The highest BCUT2D eigenvalue weighted by Gasteiger charge is 2.35. The first kappa shape index (κ1) is 20.5. The number of rotatable bonds is 7. The van der Waals surface area contributed by atoms with E-state index in [9.17, 15) is 13.2 Å². The van der Waals surface area contributed by atoms with Crippen LogP contribution >= 0.6 is 11.3 Å². The van der Waals surface area contributed by atoms with Crippen molar-refractivity contribution in [3.8, 4) is 0 Å². The highest BCUT2D eigenvalue weighted by atomic mass is 32.2. The normalized spacial score (nSPS) is 20.7. The van der Waals surface area contributed by atoms with Crippen molar-refractivity contribution in [1.29, 1.82) is 0 Å². The molecule has 2 aliphatic rings. The summed E-state index contributed by atoms with van der Waals surface area (Å²) in [4.78, 5) is 14.8. The molecule has 27 heavy (non-hydrogen) atoms. The first-order valence-corrected chi connectivity index (χ1v) is 11.9. The van der Waals surface area contributed by atoms with E-state index >= 15 is 0 Å². The summed E-state index contributed by atoms with van der Waals surface area (Å²) in [5, 5.41) is 1.77. The summed E-state index contributed by atoms with van der Waals surface area (Å²) in [7, 11) is -3.41. The Bertz CT molecular complexity index is 717. The molecule has 0 N–H and O–H groups in total. The molecule has 0 aliphatic carbocycles. The molecule has 2 fully saturated rings. The fourth-order valence-electron chi connectivity index (χ4n) is 3.78. The van der Waals surface area contributed by atoms with Crippen LogP contribution in [0.1, 0.15) is 25.7 Å². The van der Waals surface area contributed by atoms with E-state index in [1.165, 1.54) is 15.6 Å². The molecule has 8 heteroatoms. The number of sulfonamides is 1. The van der Waals surface area contributed by atoms with Crippen molar-refractivity contribution in [2.24, 2.45) is 11.8 Å². The number of nitrogens with zero attached hydrogens (tertiary/aromatic N) is 2. The van der Waals surface area contributed by atoms with E-state index in [4.69, 9.17) is 4.74 Å². The van der Waals surface area contributed by atoms with E-state index in [2.05, 4.69) is 6.58 Å². The highest BCUT2D eigenvalue weighted by Crippen LogP contribution is 2.28. The monoisotopic (exact) mass is 412 g/mol. The first-order chi connectivity index (χ1) is 13.0. The van der Waals surface area contributed by atoms with Crippen LogP contribution in [-0.4, -0.2) is 62.9 Å². The van der Waals surface area contributed by atoms with Gasteiger partial charge < -0.3 is 9.64 Å². The lowest BCUT2D eigenvalue weighted by Gasteiger charge is -2.36. The number of piperidine rings is 2. The van der Waals surface area contributed by atoms with E-state index in [0.29, 0.717) is 42.7 Å². The molecule has 150 valence electrons. The van der Waals surface area contributed by atoms with Crippen LogP contribution in [0.15, 0.2) is 34.4 Å². The zero-order valence-corrected chi connectivity index (χ0v) is 17.2. The van der Waals surface area contributed by atoms with Gasteiger partial charge in [-0.25, -0.2) is 8.42 Å². The molecule has 2 aliphatic heterocycles. The van der Waals surface area contributed by atoms with Gasteiger partial charge in [-0.05, 0) is 43.0 Å². The predicted molar refractivity (Wildman–Crippen MR) is 106 cm³/mol. The van der Waals surface area contributed by atoms with Crippen LogP contribution in [0, 0.1) is 11.8 Å². The van der Waals surface area contributed by atoms with E-state index in [1.807, 2.05) is 4.90 Å². The molecule has 0 bridgehead atoms. The van der Waals surface area contributed by atoms with Gasteiger partial charge in [0, 0.05) is 38.7 Å². The lowest BCUT2D eigenvalue weighted by molar-refractivity contribution is -0.138. The molecule has 0 atom stereocenters. The molecule has 2 saturated heterocycles. The Kier molecular flexibility index (Phi) is 7.08. The Morgan fingerprint density at radius 3 is 2.52 bits per heavy atom. The SMILES string of the molecule is C=CCOCC1CCN(C(=O)C2CCN(S(=O)(=O)c3cccs3)CC2)CC1. The summed E-state index contributed by atoms with van der Waals surface area (Å²) in [5.74, 6) is 0.633. The van der Waals surface area contributed by atoms with Crippen LogP contribution in [0.2, 0.25) is 0 Å². The third-order valence-electron chi connectivity index (χ3n) is 5.41. The maximum Gasteiger partial charge on any atom is 0.252 e. The van der Waals surface area contributed by atoms with Gasteiger partial charge in [0.05, 0.1) is 6.61 Å². The number of hydrogen-bond acceptors (Lipinski definition) is 5. The van der Waals surface area contributed by atoms with Crippen LogP contribution in [0.5, 0.6) is 0 Å². The molecule has 3 heterocycles. The van der Waals surface area contributed by atoms with Crippen LogP contribution in [-0.2, 0) is 19.6 Å². The number of amides is 1. The second kappa shape index (κ2) is 9.32. The number of carbonyl (C=O) groups excluding carboxylic acids is 1. The van der Waals surface area contributed by atoms with Gasteiger partial charge >= 0.3 is 0 Å². The average molecular weight is 413 g/mol. The summed E-state index contributed by atoms with van der Waals surface area (Å²) in [6.07, 6.45) is 4.89. The number of carbonyl (C=O) groups is 1. The predicted octanol–water partition coefficient (Wildman–Crippen LogP) is 2.59. The Hall–Kier alpha value is -1.22. The van der Waals surface area contributed by atoms with Crippen LogP contribution in [0.3, 0.4) is 0 Å². The van der Waals surface area contributed by atoms with E-state index in [-0.39, 0.29) is 11.8 Å². The standard InChI is InChI=1S/C19H28N2O4S2/c1-2-13-25-15-16-5-9-20(10-6-16)19(22)17-7-11-21(12-8-17)27(23,24)18-4-3-14-26-18/h2-4,14,16-17H,1,5-13,15H2. The lowest BCUT2D eigenvalue weighted by atomic mass is 9.93. The third-order valence-corrected chi connectivity index (χ3v) is 8.68. The van der Waals surface area contributed by atoms with Crippen molar-refractivity contribution < 1.29 is 17.9 Å². The van der Waals surface area contributed by atoms with Crippen molar-refractivity contribution in [2.45, 2.75) is 29.9 Å². The number of ether oxygens (including phenoxy) is 1. The van der Waals surface area contributed by atoms with Crippen LogP contribution in [0.4, 0.5) is 0 Å². The molecule has 3 rings (SSSR count). The average Bonchev–Trinajstić information content (AvgIpc) is 3.24. The van der Waals surface area contributed by atoms with Gasteiger partial charge in [0.2, 0.25) is 5.91 Å². The molecule has 0 aromatic carbocycles. The summed E-state index contributed by atoms with van der Waals surface area (Å²) in [6, 6.07) is 3.39. The molecule has 1 aromatic rings. The van der Waals surface area contributed by atoms with E-state index < -0.39 is 10.0 Å². The highest BCUT2D eigenvalue weighted by molar-refractivity contribution is 7.91. The molecular formula is C19H28N2O4S2. The fraction of sp³-hybridized carbons (Fsp3) is 0.632. The molecule has 1 aromatic heterocycles. The smallest absolute Gasteiger partial charge is 0.252 e. The zero-order valence-electron chi connectivity index (χ0n) is 15.6. The summed E-state index contributed by atoms with van der Waals surface area (Å²) in [5.41, 5.74) is 0. The van der Waals surface area contributed by atoms with Gasteiger partial charge in [-0.2, -0.15) is 4.31 Å². The maximum absolute atomic E-state index is 12.8. The molecule has 1 amide bonds. The van der Waals surface area contributed by atoms with Gasteiger partial charge in [-0.1, -0.05) is 12.1 Å². The second-order valence-corrected chi connectivity index (χ2v) is 10.3. The van der Waals surface area contributed by atoms with Crippen molar-refractivity contribution in [3.63, 3.8) is 0 Å². The number of hydrogen-bond donors (Lipinski definition) is 0. The van der Waals surface area contributed by atoms with Gasteiger partial charge in [-0.15, -0.1) is 17.9 Å². The molecular weight excluding hydrogens is 384 g/mol. The third kappa shape index (κ3) is 4.99. The summed E-state index contributed by atoms with van der Waals surface area (Å²) >= 11 is 1.24. The Morgan fingerprint density at radius 2 is 1.93 bits per heavy atom. The topological polar surface area (TPSA) is 66.9 Å². The van der Waals surface area contributed by atoms with E-state index in [0.717, 1.165) is 32.5 Å². The fourth-order valence-corrected chi connectivity index (χ4v) is 6.39.